The molecule has 0 aliphatic rings. The normalized spacial score (nSPS) is 12.0. The Morgan fingerprint density at radius 3 is 2.00 bits per heavy atom. The van der Waals surface area contributed by atoms with Gasteiger partial charge in [0.1, 0.15) is 11.9 Å². The minimum absolute atomic E-state index is 0.0364. The van der Waals surface area contributed by atoms with Gasteiger partial charge in [-0.3, -0.25) is 4.79 Å². The maximum Gasteiger partial charge on any atom is 0.275 e. The Labute approximate surface area is 165 Å². The molecule has 0 saturated carbocycles. The van der Waals surface area contributed by atoms with Gasteiger partial charge in [0.25, 0.3) is 5.91 Å². The average molecular weight is 377 g/mol. The van der Waals surface area contributed by atoms with Crippen molar-refractivity contribution in [3.8, 4) is 0 Å². The van der Waals surface area contributed by atoms with E-state index >= 15 is 0 Å². The van der Waals surface area contributed by atoms with Gasteiger partial charge in [0.15, 0.2) is 6.54 Å². The summed E-state index contributed by atoms with van der Waals surface area (Å²) in [6.07, 6.45) is 0.484. The second-order valence-corrected chi connectivity index (χ2v) is 6.97. The maximum atomic E-state index is 13.7. The van der Waals surface area contributed by atoms with Crippen LogP contribution in [-0.4, -0.2) is 26.0 Å². The summed E-state index contributed by atoms with van der Waals surface area (Å²) in [6.45, 7) is 0.764. The second kappa shape index (κ2) is 9.81. The van der Waals surface area contributed by atoms with Crippen LogP contribution in [0.5, 0.6) is 0 Å². The van der Waals surface area contributed by atoms with Crippen molar-refractivity contribution < 1.29 is 14.1 Å². The molecule has 4 heteroatoms. The van der Waals surface area contributed by atoms with Crippen molar-refractivity contribution in [3.63, 3.8) is 0 Å². The van der Waals surface area contributed by atoms with Crippen molar-refractivity contribution in [3.05, 3.63) is 107 Å². The summed E-state index contributed by atoms with van der Waals surface area (Å²) in [5.41, 5.74) is 2.96. The van der Waals surface area contributed by atoms with Gasteiger partial charge in [-0.05, 0) is 18.1 Å². The summed E-state index contributed by atoms with van der Waals surface area (Å²) in [6, 6.07) is 27.2. The van der Waals surface area contributed by atoms with Gasteiger partial charge in [-0.1, -0.05) is 78.9 Å². The molecule has 0 aliphatic carbocycles. The van der Waals surface area contributed by atoms with Crippen molar-refractivity contribution in [2.75, 3.05) is 20.1 Å². The monoisotopic (exact) mass is 377 g/mol. The summed E-state index contributed by atoms with van der Waals surface area (Å²) in [4.78, 5) is 13.6. The van der Waals surface area contributed by atoms with Gasteiger partial charge in [-0.25, -0.2) is 4.39 Å². The molecule has 0 radical (unpaired) electrons. The van der Waals surface area contributed by atoms with E-state index in [2.05, 4.69) is 29.6 Å². The lowest BCUT2D eigenvalue weighted by Crippen LogP contribution is -3.10. The lowest BCUT2D eigenvalue weighted by atomic mass is 9.97. The van der Waals surface area contributed by atoms with Crippen LogP contribution in [0.4, 0.5) is 4.39 Å². The topological polar surface area (TPSA) is 33.5 Å². The highest BCUT2D eigenvalue weighted by molar-refractivity contribution is 5.76. The first-order valence-electron chi connectivity index (χ1n) is 9.57. The van der Waals surface area contributed by atoms with Crippen LogP contribution in [-0.2, 0) is 11.2 Å². The van der Waals surface area contributed by atoms with Crippen LogP contribution in [0.2, 0.25) is 0 Å². The van der Waals surface area contributed by atoms with Crippen LogP contribution in [0.25, 0.3) is 0 Å². The van der Waals surface area contributed by atoms with Gasteiger partial charge in [-0.2, -0.15) is 0 Å². The molecule has 2 N–H and O–H groups in total. The second-order valence-electron chi connectivity index (χ2n) is 6.97. The third-order valence-corrected chi connectivity index (χ3v) is 4.87. The van der Waals surface area contributed by atoms with Gasteiger partial charge < -0.3 is 10.2 Å². The number of hydrogen-bond acceptors (Lipinski definition) is 1. The molecule has 3 aromatic carbocycles. The molecule has 0 heterocycles. The average Bonchev–Trinajstić information content (AvgIpc) is 2.71. The van der Waals surface area contributed by atoms with Crippen molar-refractivity contribution in [2.45, 2.75) is 12.5 Å². The van der Waals surface area contributed by atoms with Crippen LogP contribution in [0.15, 0.2) is 84.9 Å². The van der Waals surface area contributed by atoms with Crippen molar-refractivity contribution in [2.24, 2.45) is 0 Å². The molecule has 0 saturated heterocycles. The molecule has 1 atom stereocenters. The highest BCUT2D eigenvalue weighted by Crippen LogP contribution is 2.18. The molecule has 3 nitrogen and oxygen atoms in total. The summed E-state index contributed by atoms with van der Waals surface area (Å²) in [7, 11) is 2.03. The number of amides is 1. The molecule has 28 heavy (non-hydrogen) atoms. The number of hydrogen-bond donors (Lipinski definition) is 2. The molecular formula is C24H26FN2O+. The van der Waals surface area contributed by atoms with E-state index in [1.54, 1.807) is 12.1 Å². The fourth-order valence-corrected chi connectivity index (χ4v) is 3.51. The zero-order valence-corrected chi connectivity index (χ0v) is 16.1. The van der Waals surface area contributed by atoms with Gasteiger partial charge in [0, 0.05) is 17.7 Å². The van der Waals surface area contributed by atoms with Gasteiger partial charge in [-0.15, -0.1) is 0 Å². The smallest absolute Gasteiger partial charge is 0.275 e. The Morgan fingerprint density at radius 2 is 1.43 bits per heavy atom. The summed E-state index contributed by atoms with van der Waals surface area (Å²) < 4.78 is 13.7. The standard InChI is InChI=1S/C24H25FN2O/c1-27(18-23(28)26-17-16-19-10-8-9-15-22(19)25)24(20-11-4-2-5-12-20)21-13-6-3-7-14-21/h2-15,24H,16-18H2,1H3,(H,26,28)/p+1. The van der Waals surface area contributed by atoms with Crippen LogP contribution < -0.4 is 10.2 Å². The molecule has 1 amide bonds. The lowest BCUT2D eigenvalue weighted by Gasteiger charge is -2.25. The van der Waals surface area contributed by atoms with E-state index in [4.69, 9.17) is 0 Å². The SMILES string of the molecule is C[NH+](CC(=O)NCCc1ccccc1F)C(c1ccccc1)c1ccccc1. The predicted molar refractivity (Wildman–Crippen MR) is 110 cm³/mol. The van der Waals surface area contributed by atoms with Crippen molar-refractivity contribution in [1.82, 2.24) is 5.32 Å². The highest BCUT2D eigenvalue weighted by Gasteiger charge is 2.24. The number of carbonyl (C=O) groups excluding carboxylic acids is 1. The fourth-order valence-electron chi connectivity index (χ4n) is 3.51. The van der Waals surface area contributed by atoms with E-state index in [0.29, 0.717) is 25.1 Å². The van der Waals surface area contributed by atoms with Crippen LogP contribution >= 0.6 is 0 Å². The number of benzene rings is 3. The molecule has 0 aromatic heterocycles. The third-order valence-electron chi connectivity index (χ3n) is 4.87. The molecule has 0 fully saturated rings. The summed E-state index contributed by atoms with van der Waals surface area (Å²) >= 11 is 0. The first-order valence-corrected chi connectivity index (χ1v) is 9.57. The summed E-state index contributed by atoms with van der Waals surface area (Å²) in [5, 5.41) is 2.92. The first kappa shape index (κ1) is 19.8. The van der Waals surface area contributed by atoms with Crippen LogP contribution in [0.1, 0.15) is 22.7 Å². The number of likely N-dealkylation sites (N-methyl/N-ethyl adjacent to an activating group) is 1. The van der Waals surface area contributed by atoms with Gasteiger partial charge in [0.05, 0.1) is 7.05 Å². The molecule has 0 aliphatic heterocycles. The molecule has 144 valence electrons. The van der Waals surface area contributed by atoms with Gasteiger partial charge >= 0.3 is 0 Å². The molecule has 1 unspecified atom stereocenters. The predicted octanol–water partition coefficient (Wildman–Crippen LogP) is 2.79. The number of quaternary nitrogens is 1. The Morgan fingerprint density at radius 1 is 0.893 bits per heavy atom. The van der Waals surface area contributed by atoms with E-state index in [-0.39, 0.29) is 17.8 Å². The first-order chi connectivity index (χ1) is 13.6. The molecule has 0 bridgehead atoms. The Bertz CT molecular complexity index is 844. The number of nitrogens with one attached hydrogen (secondary N) is 2. The van der Waals surface area contributed by atoms with E-state index < -0.39 is 0 Å². The van der Waals surface area contributed by atoms with E-state index in [0.717, 1.165) is 4.90 Å². The van der Waals surface area contributed by atoms with Gasteiger partial charge in [0.2, 0.25) is 0 Å². The van der Waals surface area contributed by atoms with Crippen LogP contribution in [0, 0.1) is 5.82 Å². The molecule has 3 aromatic rings. The molecule has 3 rings (SSSR count). The zero-order valence-electron chi connectivity index (χ0n) is 16.1. The minimum atomic E-state index is -0.229. The molecular weight excluding hydrogens is 351 g/mol. The van der Waals surface area contributed by atoms with Crippen molar-refractivity contribution in [1.29, 1.82) is 0 Å². The number of carbonyl (C=O) groups is 1. The number of rotatable bonds is 8. The highest BCUT2D eigenvalue weighted by atomic mass is 19.1. The van der Waals surface area contributed by atoms with E-state index in [1.807, 2.05) is 49.5 Å². The molecule has 0 spiro atoms. The quantitative estimate of drug-likeness (QED) is 0.622. The fraction of sp³-hybridized carbons (Fsp3) is 0.208. The Balaban J connectivity index is 1.62. The maximum absolute atomic E-state index is 13.7. The largest absolute Gasteiger partial charge is 0.351 e. The Kier molecular flexibility index (Phi) is 6.93. The zero-order chi connectivity index (χ0) is 19.8. The number of halogens is 1. The van der Waals surface area contributed by atoms with E-state index in [9.17, 15) is 9.18 Å². The summed E-state index contributed by atoms with van der Waals surface area (Å²) in [5.74, 6) is -0.265. The van der Waals surface area contributed by atoms with Crippen LogP contribution in [0.3, 0.4) is 0 Å². The minimum Gasteiger partial charge on any atom is -0.351 e. The van der Waals surface area contributed by atoms with Crippen molar-refractivity contribution >= 4 is 5.91 Å². The Hall–Kier alpha value is -2.98. The third kappa shape index (κ3) is 5.27. The lowest BCUT2D eigenvalue weighted by molar-refractivity contribution is -0.898. The van der Waals surface area contributed by atoms with E-state index in [1.165, 1.54) is 17.2 Å².